The van der Waals surface area contributed by atoms with Crippen molar-refractivity contribution in [2.24, 2.45) is 0 Å². The van der Waals surface area contributed by atoms with Gasteiger partial charge in [0.25, 0.3) is 0 Å². The fourth-order valence-corrected chi connectivity index (χ4v) is 4.60. The first kappa shape index (κ1) is 20.4. The molecule has 1 aliphatic carbocycles. The average Bonchev–Trinajstić information content (AvgIpc) is 3.35. The fraction of sp³-hybridized carbons (Fsp3) is 0.179. The zero-order valence-electron chi connectivity index (χ0n) is 18.5. The third-order valence-corrected chi connectivity index (χ3v) is 6.37. The fourth-order valence-electron chi connectivity index (χ4n) is 4.60. The zero-order valence-corrected chi connectivity index (χ0v) is 18.5. The highest BCUT2D eigenvalue weighted by Gasteiger charge is 2.20. The molecule has 0 radical (unpaired) electrons. The minimum Gasteiger partial charge on any atom is -0.508 e. The number of hydrogen-bond acceptors (Lipinski definition) is 6. The molecular formula is C28H23N3O3. The highest BCUT2D eigenvalue weighted by atomic mass is 16.5. The van der Waals surface area contributed by atoms with Crippen molar-refractivity contribution < 1.29 is 14.9 Å². The highest BCUT2D eigenvalue weighted by molar-refractivity contribution is 5.99. The van der Waals surface area contributed by atoms with Crippen LogP contribution < -0.4 is 4.74 Å². The van der Waals surface area contributed by atoms with Crippen LogP contribution >= 0.6 is 0 Å². The van der Waals surface area contributed by atoms with E-state index in [0.29, 0.717) is 17.2 Å². The van der Waals surface area contributed by atoms with Gasteiger partial charge in [-0.1, -0.05) is 36.4 Å². The number of benzene rings is 4. The van der Waals surface area contributed by atoms with Gasteiger partial charge in [-0.25, -0.2) is 4.98 Å². The van der Waals surface area contributed by atoms with Crippen molar-refractivity contribution in [2.75, 3.05) is 0 Å². The number of aromatic nitrogens is 3. The molecule has 0 bridgehead atoms. The smallest absolute Gasteiger partial charge is 0.320 e. The highest BCUT2D eigenvalue weighted by Crippen LogP contribution is 2.33. The van der Waals surface area contributed by atoms with Crippen molar-refractivity contribution in [3.63, 3.8) is 0 Å². The Morgan fingerprint density at radius 2 is 1.38 bits per heavy atom. The van der Waals surface area contributed by atoms with Crippen LogP contribution in [0.15, 0.2) is 72.8 Å². The average molecular weight is 450 g/mol. The van der Waals surface area contributed by atoms with Crippen LogP contribution in [0.3, 0.4) is 0 Å². The number of aromatic hydroxyl groups is 2. The summed E-state index contributed by atoms with van der Waals surface area (Å²) in [5, 5.41) is 24.7. The van der Waals surface area contributed by atoms with E-state index in [4.69, 9.17) is 4.74 Å². The number of hydrogen-bond donors (Lipinski definition) is 2. The van der Waals surface area contributed by atoms with Gasteiger partial charge in [0.15, 0.2) is 11.6 Å². The molecule has 1 saturated carbocycles. The van der Waals surface area contributed by atoms with Gasteiger partial charge in [0.1, 0.15) is 17.6 Å². The van der Waals surface area contributed by atoms with E-state index in [1.165, 1.54) is 22.9 Å². The molecule has 2 N–H and O–H groups in total. The number of fused-ring (bicyclic) bond motifs is 2. The van der Waals surface area contributed by atoms with E-state index in [1.807, 2.05) is 18.2 Å². The topological polar surface area (TPSA) is 88.4 Å². The minimum atomic E-state index is -0.103. The van der Waals surface area contributed by atoms with Crippen LogP contribution in [0.4, 0.5) is 0 Å². The van der Waals surface area contributed by atoms with E-state index in [1.54, 1.807) is 6.07 Å². The molecule has 0 spiro atoms. The van der Waals surface area contributed by atoms with E-state index >= 15 is 0 Å². The Bertz CT molecular complexity index is 1530. The zero-order chi connectivity index (χ0) is 23.1. The Balaban J connectivity index is 1.48. The molecular weight excluding hydrogens is 426 g/mol. The largest absolute Gasteiger partial charge is 0.508 e. The van der Waals surface area contributed by atoms with Crippen LogP contribution in [0, 0.1) is 0 Å². The second-order valence-electron chi connectivity index (χ2n) is 8.75. The van der Waals surface area contributed by atoms with Crippen molar-refractivity contribution in [1.29, 1.82) is 0 Å². The number of nitrogens with zero attached hydrogens (tertiary/aromatic N) is 3. The van der Waals surface area contributed by atoms with Crippen LogP contribution in [-0.2, 0) is 0 Å². The predicted octanol–water partition coefficient (Wildman–Crippen LogP) is 6.24. The molecule has 0 saturated heterocycles. The SMILES string of the molecule is Oc1ccc(-c2nc(OC3CCCC3)nc(-c3ccc4cc5ccccc5cc4c3)n2)c(O)c1. The summed E-state index contributed by atoms with van der Waals surface area (Å²) in [6.07, 6.45) is 4.30. The van der Waals surface area contributed by atoms with Crippen molar-refractivity contribution in [3.05, 3.63) is 72.8 Å². The lowest BCUT2D eigenvalue weighted by molar-refractivity contribution is 0.192. The van der Waals surface area contributed by atoms with Crippen molar-refractivity contribution in [2.45, 2.75) is 31.8 Å². The Kier molecular flexibility index (Phi) is 4.99. The number of phenols is 2. The van der Waals surface area contributed by atoms with E-state index in [2.05, 4.69) is 51.4 Å². The standard InChI is InChI=1S/C28H23N3O3/c32-22-11-12-24(25(33)16-22)27-29-26(30-28(31-27)34-23-7-3-4-8-23)20-10-9-19-13-17-5-1-2-6-18(17)14-21(19)15-20/h1-2,5-6,9-16,23,32-33H,3-4,7-8H2. The Hall–Kier alpha value is -4.19. The summed E-state index contributed by atoms with van der Waals surface area (Å²) < 4.78 is 6.12. The van der Waals surface area contributed by atoms with Crippen LogP contribution in [-0.4, -0.2) is 31.3 Å². The molecule has 0 unspecified atom stereocenters. The molecule has 1 aliphatic rings. The minimum absolute atomic E-state index is 0.0280. The van der Waals surface area contributed by atoms with E-state index in [9.17, 15) is 10.2 Å². The lowest BCUT2D eigenvalue weighted by atomic mass is 10.0. The van der Waals surface area contributed by atoms with Gasteiger partial charge < -0.3 is 14.9 Å². The van der Waals surface area contributed by atoms with Crippen molar-refractivity contribution in [1.82, 2.24) is 15.0 Å². The maximum absolute atomic E-state index is 10.4. The molecule has 1 aromatic heterocycles. The molecule has 1 fully saturated rings. The first-order valence-electron chi connectivity index (χ1n) is 11.5. The lowest BCUT2D eigenvalue weighted by Gasteiger charge is -2.14. The van der Waals surface area contributed by atoms with Crippen molar-refractivity contribution >= 4 is 21.5 Å². The van der Waals surface area contributed by atoms with Gasteiger partial charge in [-0.2, -0.15) is 9.97 Å². The molecule has 6 nitrogen and oxygen atoms in total. The second kappa shape index (κ2) is 8.30. The third-order valence-electron chi connectivity index (χ3n) is 6.37. The summed E-state index contributed by atoms with van der Waals surface area (Å²) in [6.45, 7) is 0. The summed E-state index contributed by atoms with van der Waals surface area (Å²) in [7, 11) is 0. The van der Waals surface area contributed by atoms with Crippen molar-refractivity contribution in [3.8, 4) is 40.3 Å². The molecule has 0 amide bonds. The maximum Gasteiger partial charge on any atom is 0.320 e. The van der Waals surface area contributed by atoms with Crippen LogP contribution in [0.1, 0.15) is 25.7 Å². The van der Waals surface area contributed by atoms with Crippen LogP contribution in [0.2, 0.25) is 0 Å². The molecule has 0 aliphatic heterocycles. The molecule has 5 aromatic rings. The Labute approximate surface area is 196 Å². The molecule has 6 rings (SSSR count). The number of ether oxygens (including phenoxy) is 1. The number of rotatable bonds is 4. The second-order valence-corrected chi connectivity index (χ2v) is 8.75. The van der Waals surface area contributed by atoms with E-state index in [-0.39, 0.29) is 23.6 Å². The molecule has 34 heavy (non-hydrogen) atoms. The third kappa shape index (κ3) is 3.88. The number of phenolic OH excluding ortho intramolecular Hbond substituents is 2. The van der Waals surface area contributed by atoms with Gasteiger partial charge in [0, 0.05) is 11.6 Å². The van der Waals surface area contributed by atoms with E-state index < -0.39 is 0 Å². The Morgan fingerprint density at radius 3 is 2.15 bits per heavy atom. The Morgan fingerprint density at radius 1 is 0.676 bits per heavy atom. The monoisotopic (exact) mass is 449 g/mol. The van der Waals surface area contributed by atoms with Crippen LogP contribution in [0.25, 0.3) is 44.3 Å². The maximum atomic E-state index is 10.4. The lowest BCUT2D eigenvalue weighted by Crippen LogP contribution is -2.14. The molecule has 6 heteroatoms. The van der Waals surface area contributed by atoms with Gasteiger partial charge in [0.05, 0.1) is 5.56 Å². The quantitative estimate of drug-likeness (QED) is 0.316. The summed E-state index contributed by atoms with van der Waals surface area (Å²) in [5.74, 6) is 0.642. The molecule has 4 aromatic carbocycles. The first-order valence-corrected chi connectivity index (χ1v) is 11.5. The van der Waals surface area contributed by atoms with Gasteiger partial charge in [-0.05, 0) is 77.6 Å². The molecule has 1 heterocycles. The predicted molar refractivity (Wildman–Crippen MR) is 132 cm³/mol. The normalized spacial score (nSPS) is 14.1. The summed E-state index contributed by atoms with van der Waals surface area (Å²) in [6, 6.07) is 23.4. The summed E-state index contributed by atoms with van der Waals surface area (Å²) >= 11 is 0. The van der Waals surface area contributed by atoms with Gasteiger partial charge in [0.2, 0.25) is 0 Å². The molecule has 168 valence electrons. The van der Waals surface area contributed by atoms with Crippen LogP contribution in [0.5, 0.6) is 17.5 Å². The van der Waals surface area contributed by atoms with Gasteiger partial charge >= 0.3 is 6.01 Å². The summed E-state index contributed by atoms with van der Waals surface area (Å²) in [5.41, 5.74) is 1.24. The summed E-state index contributed by atoms with van der Waals surface area (Å²) in [4.78, 5) is 13.8. The van der Waals surface area contributed by atoms with E-state index in [0.717, 1.165) is 42.0 Å². The van der Waals surface area contributed by atoms with Gasteiger partial charge in [-0.15, -0.1) is 0 Å². The molecule has 0 atom stereocenters. The van der Waals surface area contributed by atoms with Gasteiger partial charge in [-0.3, -0.25) is 0 Å². The first-order chi connectivity index (χ1) is 16.6.